The van der Waals surface area contributed by atoms with Crippen LogP contribution in [-0.2, 0) is 11.2 Å². The summed E-state index contributed by atoms with van der Waals surface area (Å²) in [5.74, 6) is 0.275. The Balaban J connectivity index is 1.54. The lowest BCUT2D eigenvalue weighted by atomic mass is 9.74. The summed E-state index contributed by atoms with van der Waals surface area (Å²) in [5.41, 5.74) is 6.32. The van der Waals surface area contributed by atoms with Crippen molar-refractivity contribution >= 4 is 23.7 Å². The van der Waals surface area contributed by atoms with Gasteiger partial charge in [-0.05, 0) is 43.4 Å². The molecule has 2 aliphatic rings. The van der Waals surface area contributed by atoms with E-state index in [-0.39, 0.29) is 23.6 Å². The number of imide groups is 1. The summed E-state index contributed by atoms with van der Waals surface area (Å²) >= 11 is 0. The minimum Gasteiger partial charge on any atom is -0.368 e. The van der Waals surface area contributed by atoms with E-state index in [2.05, 4.69) is 25.5 Å². The lowest BCUT2D eigenvalue weighted by molar-refractivity contribution is -0.126. The topological polar surface area (TPSA) is 113 Å². The van der Waals surface area contributed by atoms with Crippen molar-refractivity contribution in [3.8, 4) is 0 Å². The van der Waals surface area contributed by atoms with Crippen LogP contribution in [0, 0.1) is 18.7 Å². The number of hydrogen-bond acceptors (Lipinski definition) is 6. The Kier molecular flexibility index (Phi) is 4.81. The van der Waals surface area contributed by atoms with Gasteiger partial charge in [0.25, 0.3) is 5.91 Å². The predicted octanol–water partition coefficient (Wildman–Crippen LogP) is 1.54. The summed E-state index contributed by atoms with van der Waals surface area (Å²) in [5, 5.41) is 5.25. The summed E-state index contributed by atoms with van der Waals surface area (Å²) in [6.45, 7) is 3.22. The number of nitrogen functional groups attached to an aromatic ring is 1. The van der Waals surface area contributed by atoms with Crippen LogP contribution in [0.15, 0.2) is 30.3 Å². The number of aryl methyl sites for hydroxylation is 1. The summed E-state index contributed by atoms with van der Waals surface area (Å²) < 4.78 is 13.3. The van der Waals surface area contributed by atoms with Crippen molar-refractivity contribution in [2.75, 3.05) is 23.7 Å². The molecule has 3 heterocycles. The van der Waals surface area contributed by atoms with Gasteiger partial charge in [-0.2, -0.15) is 4.98 Å². The number of nitrogens with zero attached hydrogens (tertiary/aromatic N) is 3. The van der Waals surface area contributed by atoms with Gasteiger partial charge in [0, 0.05) is 31.3 Å². The standard InChI is InChI=1S/C20H23FN6O2/c1-12-10-16(24-18(22)23-12)27-8-6-14(7-9-27)20(17(28)25-19(29)26-20)11-13-2-4-15(21)5-3-13/h2-5,10,14H,6-9,11H2,1H3,(H2,22,23,24)(H2,25,26,28,29). The zero-order valence-electron chi connectivity index (χ0n) is 16.1. The van der Waals surface area contributed by atoms with E-state index in [1.165, 1.54) is 12.1 Å². The molecule has 1 aromatic heterocycles. The fourth-order valence-corrected chi connectivity index (χ4v) is 4.32. The van der Waals surface area contributed by atoms with Crippen molar-refractivity contribution in [1.29, 1.82) is 0 Å². The molecule has 2 fully saturated rings. The first-order chi connectivity index (χ1) is 13.9. The number of hydrogen-bond donors (Lipinski definition) is 3. The normalized spacial score (nSPS) is 22.5. The van der Waals surface area contributed by atoms with Crippen molar-refractivity contribution in [2.24, 2.45) is 5.92 Å². The van der Waals surface area contributed by atoms with E-state index < -0.39 is 11.6 Å². The molecule has 8 nitrogen and oxygen atoms in total. The van der Waals surface area contributed by atoms with E-state index in [1.54, 1.807) is 12.1 Å². The molecular formula is C20H23FN6O2. The predicted molar refractivity (Wildman–Crippen MR) is 106 cm³/mol. The van der Waals surface area contributed by atoms with Crippen LogP contribution < -0.4 is 21.3 Å². The Bertz CT molecular complexity index is 922. The average Bonchev–Trinajstić information content (AvgIpc) is 2.97. The second-order valence-corrected chi connectivity index (χ2v) is 7.67. The number of nitrogens with one attached hydrogen (secondary N) is 2. The third kappa shape index (κ3) is 3.72. The molecule has 0 aliphatic carbocycles. The van der Waals surface area contributed by atoms with Gasteiger partial charge < -0.3 is 16.0 Å². The number of benzene rings is 1. The monoisotopic (exact) mass is 398 g/mol. The first-order valence-corrected chi connectivity index (χ1v) is 9.60. The zero-order valence-corrected chi connectivity index (χ0v) is 16.1. The molecule has 2 saturated heterocycles. The maximum atomic E-state index is 13.3. The molecule has 0 spiro atoms. The van der Waals surface area contributed by atoms with E-state index in [9.17, 15) is 14.0 Å². The van der Waals surface area contributed by atoms with E-state index in [0.717, 1.165) is 17.1 Å². The Labute approximate surface area is 167 Å². The molecule has 0 bridgehead atoms. The highest BCUT2D eigenvalue weighted by Crippen LogP contribution is 2.35. The number of carbonyl (C=O) groups excluding carboxylic acids is 2. The smallest absolute Gasteiger partial charge is 0.322 e. The fourth-order valence-electron chi connectivity index (χ4n) is 4.32. The number of piperidine rings is 1. The van der Waals surface area contributed by atoms with Crippen molar-refractivity contribution in [1.82, 2.24) is 20.6 Å². The van der Waals surface area contributed by atoms with Crippen LogP contribution in [0.2, 0.25) is 0 Å². The van der Waals surface area contributed by atoms with Gasteiger partial charge in [-0.1, -0.05) is 12.1 Å². The molecule has 3 amide bonds. The van der Waals surface area contributed by atoms with E-state index >= 15 is 0 Å². The van der Waals surface area contributed by atoms with Gasteiger partial charge in [-0.15, -0.1) is 0 Å². The van der Waals surface area contributed by atoms with Gasteiger partial charge in [0.05, 0.1) is 0 Å². The van der Waals surface area contributed by atoms with E-state index in [1.807, 2.05) is 13.0 Å². The summed E-state index contributed by atoms with van der Waals surface area (Å²) in [6, 6.07) is 7.42. The number of carbonyl (C=O) groups is 2. The lowest BCUT2D eigenvalue weighted by Gasteiger charge is -2.41. The van der Waals surface area contributed by atoms with Crippen molar-refractivity contribution in [3.63, 3.8) is 0 Å². The maximum Gasteiger partial charge on any atom is 0.322 e. The lowest BCUT2D eigenvalue weighted by Crippen LogP contribution is -2.57. The van der Waals surface area contributed by atoms with Crippen LogP contribution in [0.3, 0.4) is 0 Å². The minimum absolute atomic E-state index is 0.0597. The number of urea groups is 1. The van der Waals surface area contributed by atoms with Crippen LogP contribution in [0.1, 0.15) is 24.1 Å². The molecular weight excluding hydrogens is 375 g/mol. The van der Waals surface area contributed by atoms with Gasteiger partial charge in [-0.3, -0.25) is 10.1 Å². The van der Waals surface area contributed by atoms with Crippen LogP contribution in [0.4, 0.5) is 21.0 Å². The fraction of sp³-hybridized carbons (Fsp3) is 0.400. The molecule has 4 rings (SSSR count). The number of nitrogens with two attached hydrogens (primary N) is 1. The van der Waals surface area contributed by atoms with Crippen molar-refractivity contribution in [3.05, 3.63) is 47.4 Å². The summed E-state index contributed by atoms with van der Waals surface area (Å²) in [4.78, 5) is 35.3. The SMILES string of the molecule is Cc1cc(N2CCC(C3(Cc4ccc(F)cc4)NC(=O)NC3=O)CC2)nc(N)n1. The molecule has 0 saturated carbocycles. The summed E-state index contributed by atoms with van der Waals surface area (Å²) in [7, 11) is 0. The van der Waals surface area contributed by atoms with Gasteiger partial charge in [0.1, 0.15) is 17.2 Å². The molecule has 29 heavy (non-hydrogen) atoms. The van der Waals surface area contributed by atoms with Crippen LogP contribution in [0.25, 0.3) is 0 Å². The molecule has 4 N–H and O–H groups in total. The first kappa shape index (κ1) is 19.1. The van der Waals surface area contributed by atoms with Crippen LogP contribution in [-0.4, -0.2) is 40.5 Å². The van der Waals surface area contributed by atoms with Crippen molar-refractivity contribution < 1.29 is 14.0 Å². The quantitative estimate of drug-likeness (QED) is 0.674. The number of rotatable bonds is 4. The maximum absolute atomic E-state index is 13.3. The van der Waals surface area contributed by atoms with Gasteiger partial charge in [0.2, 0.25) is 5.95 Å². The molecule has 152 valence electrons. The summed E-state index contributed by atoms with van der Waals surface area (Å²) in [6.07, 6.45) is 1.70. The van der Waals surface area contributed by atoms with E-state index in [0.29, 0.717) is 32.4 Å². The van der Waals surface area contributed by atoms with Gasteiger partial charge >= 0.3 is 6.03 Å². The molecule has 0 radical (unpaired) electrons. The van der Waals surface area contributed by atoms with Crippen LogP contribution in [0.5, 0.6) is 0 Å². The van der Waals surface area contributed by atoms with Gasteiger partial charge in [0.15, 0.2) is 0 Å². The third-order valence-corrected chi connectivity index (χ3v) is 5.74. The Hall–Kier alpha value is -3.23. The van der Waals surface area contributed by atoms with E-state index in [4.69, 9.17) is 5.73 Å². The Morgan fingerprint density at radius 1 is 1.21 bits per heavy atom. The number of halogens is 1. The average molecular weight is 398 g/mol. The third-order valence-electron chi connectivity index (χ3n) is 5.74. The second-order valence-electron chi connectivity index (χ2n) is 7.67. The molecule has 1 atom stereocenters. The largest absolute Gasteiger partial charge is 0.368 e. The minimum atomic E-state index is -1.04. The highest BCUT2D eigenvalue weighted by atomic mass is 19.1. The highest BCUT2D eigenvalue weighted by molar-refractivity contribution is 6.07. The Morgan fingerprint density at radius 2 is 1.90 bits per heavy atom. The number of aromatic nitrogens is 2. The molecule has 2 aromatic rings. The highest BCUT2D eigenvalue weighted by Gasteiger charge is 2.52. The number of anilines is 2. The Morgan fingerprint density at radius 3 is 2.48 bits per heavy atom. The zero-order chi connectivity index (χ0) is 20.6. The molecule has 9 heteroatoms. The molecule has 1 unspecified atom stereocenters. The van der Waals surface area contributed by atoms with Crippen LogP contribution >= 0.6 is 0 Å². The second kappa shape index (κ2) is 7.31. The van der Waals surface area contributed by atoms with Crippen molar-refractivity contribution in [2.45, 2.75) is 31.7 Å². The van der Waals surface area contributed by atoms with Gasteiger partial charge in [-0.25, -0.2) is 14.2 Å². The molecule has 1 aromatic carbocycles. The number of amides is 3. The molecule has 2 aliphatic heterocycles. The first-order valence-electron chi connectivity index (χ1n) is 9.60.